The maximum atomic E-state index is 12.8. The lowest BCUT2D eigenvalue weighted by atomic mass is 10.2. The lowest BCUT2D eigenvalue weighted by Crippen LogP contribution is -2.33. The van der Waals surface area contributed by atoms with Crippen molar-refractivity contribution in [3.8, 4) is 0 Å². The Morgan fingerprint density at radius 1 is 0.639 bits per heavy atom. The van der Waals surface area contributed by atoms with Crippen molar-refractivity contribution in [2.24, 2.45) is 0 Å². The van der Waals surface area contributed by atoms with Gasteiger partial charge in [0.15, 0.2) is 0 Å². The summed E-state index contributed by atoms with van der Waals surface area (Å²) in [4.78, 5) is 52.3. The van der Waals surface area contributed by atoms with Crippen molar-refractivity contribution >= 4 is 69.9 Å². The topological polar surface area (TPSA) is 116 Å². The summed E-state index contributed by atoms with van der Waals surface area (Å²) in [6.45, 7) is 0. The van der Waals surface area contributed by atoms with Crippen LogP contribution in [0.2, 0.25) is 0 Å². The summed E-state index contributed by atoms with van der Waals surface area (Å²) >= 11 is 2.70. The first-order valence-corrected chi connectivity index (χ1v) is 13.0. The molecule has 2 heterocycles. The maximum absolute atomic E-state index is 12.8. The SMILES string of the molecule is O=C(C[C@@H]1Sc2ccccc2NC1=O)Nc1ccccc1NC(=O)C[C@H]1Sc2ccccc2NC1=O. The van der Waals surface area contributed by atoms with E-state index in [1.54, 1.807) is 24.3 Å². The van der Waals surface area contributed by atoms with Gasteiger partial charge in [0.25, 0.3) is 0 Å². The van der Waals surface area contributed by atoms with E-state index in [0.717, 1.165) is 21.2 Å². The minimum atomic E-state index is -0.564. The molecule has 3 aromatic carbocycles. The number of anilines is 4. The van der Waals surface area contributed by atoms with Gasteiger partial charge in [-0.25, -0.2) is 0 Å². The minimum absolute atomic E-state index is 0.0224. The average Bonchev–Trinajstić information content (AvgIpc) is 2.86. The van der Waals surface area contributed by atoms with Crippen LogP contribution in [0.3, 0.4) is 0 Å². The Morgan fingerprint density at radius 2 is 1.03 bits per heavy atom. The van der Waals surface area contributed by atoms with Gasteiger partial charge in [-0.15, -0.1) is 23.5 Å². The monoisotopic (exact) mass is 518 g/mol. The minimum Gasteiger partial charge on any atom is -0.324 e. The van der Waals surface area contributed by atoms with Crippen LogP contribution in [0.4, 0.5) is 22.7 Å². The van der Waals surface area contributed by atoms with Gasteiger partial charge in [0.1, 0.15) is 0 Å². The summed E-state index contributed by atoms with van der Waals surface area (Å²) in [5.74, 6) is -1.13. The first-order valence-electron chi connectivity index (χ1n) is 11.3. The lowest BCUT2D eigenvalue weighted by Gasteiger charge is -2.24. The molecule has 0 bridgehead atoms. The zero-order chi connectivity index (χ0) is 25.1. The Kier molecular flexibility index (Phi) is 6.97. The second-order valence-electron chi connectivity index (χ2n) is 8.23. The number of hydrogen-bond acceptors (Lipinski definition) is 6. The second kappa shape index (κ2) is 10.5. The third-order valence-electron chi connectivity index (χ3n) is 5.63. The number of rotatable bonds is 6. The summed E-state index contributed by atoms with van der Waals surface area (Å²) < 4.78 is 0. The summed E-state index contributed by atoms with van der Waals surface area (Å²) in [6.07, 6.45) is -0.0448. The largest absolute Gasteiger partial charge is 0.324 e. The third kappa shape index (κ3) is 5.39. The quantitative estimate of drug-likeness (QED) is 0.380. The van der Waals surface area contributed by atoms with E-state index in [1.165, 1.54) is 23.5 Å². The van der Waals surface area contributed by atoms with Gasteiger partial charge in [-0.3, -0.25) is 19.2 Å². The van der Waals surface area contributed by atoms with Crippen molar-refractivity contribution in [3.63, 3.8) is 0 Å². The molecule has 3 aromatic rings. The number of carbonyl (C=O) groups excluding carboxylic acids is 4. The number of carbonyl (C=O) groups is 4. The van der Waals surface area contributed by atoms with Crippen molar-refractivity contribution < 1.29 is 19.2 Å². The smallest absolute Gasteiger partial charge is 0.238 e. The van der Waals surface area contributed by atoms with E-state index in [2.05, 4.69) is 21.3 Å². The summed E-state index contributed by atoms with van der Waals surface area (Å²) in [7, 11) is 0. The van der Waals surface area contributed by atoms with Crippen molar-refractivity contribution in [3.05, 3.63) is 72.8 Å². The van der Waals surface area contributed by atoms with E-state index >= 15 is 0 Å². The van der Waals surface area contributed by atoms with Crippen LogP contribution in [-0.4, -0.2) is 34.1 Å². The molecule has 4 N–H and O–H groups in total. The Balaban J connectivity index is 1.20. The van der Waals surface area contributed by atoms with Gasteiger partial charge in [-0.05, 0) is 36.4 Å². The molecule has 0 fully saturated rings. The van der Waals surface area contributed by atoms with Crippen LogP contribution in [0.5, 0.6) is 0 Å². The van der Waals surface area contributed by atoms with E-state index < -0.39 is 10.5 Å². The van der Waals surface area contributed by atoms with Crippen LogP contribution in [0.15, 0.2) is 82.6 Å². The number of para-hydroxylation sites is 4. The molecule has 0 aromatic heterocycles. The third-order valence-corrected chi connectivity index (χ3v) is 8.18. The number of fused-ring (bicyclic) bond motifs is 2. The molecule has 182 valence electrons. The fourth-order valence-electron chi connectivity index (χ4n) is 3.89. The molecule has 10 heteroatoms. The lowest BCUT2D eigenvalue weighted by molar-refractivity contribution is -0.120. The summed E-state index contributed by atoms with van der Waals surface area (Å²) in [5, 5.41) is 10.1. The Bertz CT molecular complexity index is 1260. The molecule has 0 radical (unpaired) electrons. The fourth-order valence-corrected chi connectivity index (χ4v) is 6.12. The number of thioether (sulfide) groups is 2. The normalized spacial score (nSPS) is 18.2. The molecule has 0 spiro atoms. The molecule has 2 aliphatic heterocycles. The molecule has 5 rings (SSSR count). The molecule has 0 saturated heterocycles. The van der Waals surface area contributed by atoms with Gasteiger partial charge >= 0.3 is 0 Å². The van der Waals surface area contributed by atoms with Gasteiger partial charge in [0, 0.05) is 22.6 Å². The van der Waals surface area contributed by atoms with Crippen molar-refractivity contribution in [1.29, 1.82) is 0 Å². The van der Waals surface area contributed by atoms with E-state index in [0.29, 0.717) is 11.4 Å². The highest BCUT2D eigenvalue weighted by atomic mass is 32.2. The summed E-state index contributed by atoms with van der Waals surface area (Å²) in [5.41, 5.74) is 2.32. The molecular formula is C26H22N4O4S2. The van der Waals surface area contributed by atoms with Gasteiger partial charge in [-0.2, -0.15) is 0 Å². The fraction of sp³-hybridized carbons (Fsp3) is 0.154. The second-order valence-corrected chi connectivity index (χ2v) is 10.7. The predicted octanol–water partition coefficient (Wildman–Crippen LogP) is 4.57. The summed E-state index contributed by atoms with van der Waals surface area (Å²) in [6, 6.07) is 21.7. The first kappa shape index (κ1) is 24.0. The molecule has 2 aliphatic rings. The predicted molar refractivity (Wildman–Crippen MR) is 142 cm³/mol. The Labute approximate surface area is 216 Å². The van der Waals surface area contributed by atoms with Crippen LogP contribution < -0.4 is 21.3 Å². The number of benzene rings is 3. The molecule has 0 saturated carbocycles. The number of nitrogens with one attached hydrogen (secondary N) is 4. The van der Waals surface area contributed by atoms with Crippen LogP contribution >= 0.6 is 23.5 Å². The maximum Gasteiger partial charge on any atom is 0.238 e. The molecule has 4 amide bonds. The first-order chi connectivity index (χ1) is 17.5. The highest BCUT2D eigenvalue weighted by Crippen LogP contribution is 2.38. The zero-order valence-electron chi connectivity index (χ0n) is 18.9. The Morgan fingerprint density at radius 3 is 1.47 bits per heavy atom. The number of hydrogen-bond donors (Lipinski definition) is 4. The van der Waals surface area contributed by atoms with Crippen LogP contribution in [0.25, 0.3) is 0 Å². The molecule has 0 unspecified atom stereocenters. The molecular weight excluding hydrogens is 496 g/mol. The molecule has 36 heavy (non-hydrogen) atoms. The molecule has 2 atom stereocenters. The van der Waals surface area contributed by atoms with Gasteiger partial charge in [0.05, 0.1) is 33.2 Å². The van der Waals surface area contributed by atoms with Crippen molar-refractivity contribution in [2.45, 2.75) is 33.1 Å². The van der Waals surface area contributed by atoms with E-state index in [1.807, 2.05) is 48.5 Å². The Hall–Kier alpha value is -3.76. The highest BCUT2D eigenvalue weighted by Gasteiger charge is 2.30. The molecule has 8 nitrogen and oxygen atoms in total. The average molecular weight is 519 g/mol. The van der Waals surface area contributed by atoms with Crippen LogP contribution in [0, 0.1) is 0 Å². The van der Waals surface area contributed by atoms with Gasteiger partial charge in [-0.1, -0.05) is 36.4 Å². The van der Waals surface area contributed by atoms with E-state index in [-0.39, 0.29) is 36.5 Å². The zero-order valence-corrected chi connectivity index (χ0v) is 20.6. The highest BCUT2D eigenvalue weighted by molar-refractivity contribution is 8.01. The van der Waals surface area contributed by atoms with E-state index in [4.69, 9.17) is 0 Å². The standard InChI is InChI=1S/C26H22N4O4S2/c31-23(13-21-25(33)29-17-9-3-5-11-19(17)35-21)27-15-7-1-2-8-16(15)28-24(32)14-22-26(34)30-18-10-4-6-12-20(18)36-22/h1-12,21-22H,13-14H2,(H,27,31)(H,28,32)(H,29,33)(H,30,34)/t21-,22+. The molecule has 0 aliphatic carbocycles. The van der Waals surface area contributed by atoms with Gasteiger partial charge in [0.2, 0.25) is 23.6 Å². The van der Waals surface area contributed by atoms with E-state index in [9.17, 15) is 19.2 Å². The number of amides is 4. The van der Waals surface area contributed by atoms with Crippen molar-refractivity contribution in [2.75, 3.05) is 21.3 Å². The van der Waals surface area contributed by atoms with Crippen LogP contribution in [-0.2, 0) is 19.2 Å². The van der Waals surface area contributed by atoms with Crippen LogP contribution in [0.1, 0.15) is 12.8 Å². The van der Waals surface area contributed by atoms with Crippen molar-refractivity contribution in [1.82, 2.24) is 0 Å². The van der Waals surface area contributed by atoms with Gasteiger partial charge < -0.3 is 21.3 Å².